The minimum atomic E-state index is -0.257. The SMILES string of the molecule is CCCCCCCC(Cl)=C(O)Cl. The van der Waals surface area contributed by atoms with E-state index in [4.69, 9.17) is 28.3 Å². The quantitative estimate of drug-likeness (QED) is 0.504. The van der Waals surface area contributed by atoms with Gasteiger partial charge in [0.1, 0.15) is 0 Å². The number of rotatable bonds is 6. The van der Waals surface area contributed by atoms with Crippen LogP contribution in [0.25, 0.3) is 0 Å². The summed E-state index contributed by atoms with van der Waals surface area (Å²) in [4.78, 5) is 0. The lowest BCUT2D eigenvalue weighted by atomic mass is 10.1. The second kappa shape index (κ2) is 7.75. The largest absolute Gasteiger partial charge is 0.498 e. The number of halogens is 2. The summed E-state index contributed by atoms with van der Waals surface area (Å²) in [5.41, 5.74) is 0. The lowest BCUT2D eigenvalue weighted by molar-refractivity contribution is 0.446. The maximum Gasteiger partial charge on any atom is 0.199 e. The van der Waals surface area contributed by atoms with Crippen LogP contribution < -0.4 is 0 Å². The molecule has 0 saturated carbocycles. The molecular weight excluding hydrogens is 195 g/mol. The third-order valence-corrected chi connectivity index (χ3v) is 2.42. The van der Waals surface area contributed by atoms with Crippen LogP contribution in [0.2, 0.25) is 0 Å². The molecule has 0 radical (unpaired) electrons. The van der Waals surface area contributed by atoms with Crippen molar-refractivity contribution in [3.05, 3.63) is 10.3 Å². The van der Waals surface area contributed by atoms with Crippen molar-refractivity contribution >= 4 is 23.2 Å². The van der Waals surface area contributed by atoms with Gasteiger partial charge in [0.25, 0.3) is 0 Å². The summed E-state index contributed by atoms with van der Waals surface area (Å²) in [5, 5.41) is 8.86. The monoisotopic (exact) mass is 210 g/mol. The molecule has 0 aliphatic rings. The molecule has 0 rings (SSSR count). The molecule has 1 N–H and O–H groups in total. The minimum absolute atomic E-state index is 0.257. The Balaban J connectivity index is 3.26. The van der Waals surface area contributed by atoms with E-state index in [1.807, 2.05) is 0 Å². The molecule has 0 unspecified atom stereocenters. The van der Waals surface area contributed by atoms with Crippen molar-refractivity contribution < 1.29 is 5.11 Å². The molecular formula is C9H16Cl2O. The van der Waals surface area contributed by atoms with E-state index in [2.05, 4.69) is 6.92 Å². The smallest absolute Gasteiger partial charge is 0.199 e. The van der Waals surface area contributed by atoms with E-state index in [9.17, 15) is 0 Å². The molecule has 0 atom stereocenters. The van der Waals surface area contributed by atoms with Gasteiger partial charge in [0.05, 0.1) is 5.03 Å². The summed E-state index contributed by atoms with van der Waals surface area (Å²) in [6, 6.07) is 0. The van der Waals surface area contributed by atoms with E-state index < -0.39 is 0 Å². The molecule has 0 aromatic heterocycles. The summed E-state index contributed by atoms with van der Waals surface area (Å²) in [7, 11) is 0. The van der Waals surface area contributed by atoms with Gasteiger partial charge in [-0.15, -0.1) is 0 Å². The van der Waals surface area contributed by atoms with Gasteiger partial charge in [-0.05, 0) is 24.4 Å². The summed E-state index contributed by atoms with van der Waals surface area (Å²) < 4.78 is 0. The van der Waals surface area contributed by atoms with Gasteiger partial charge < -0.3 is 5.11 Å². The summed E-state index contributed by atoms with van der Waals surface area (Å²) in [6.07, 6.45) is 6.62. The fourth-order valence-corrected chi connectivity index (χ4v) is 1.22. The molecule has 0 heterocycles. The summed E-state index contributed by atoms with van der Waals surface area (Å²) >= 11 is 10.9. The molecule has 0 aromatic rings. The van der Waals surface area contributed by atoms with E-state index in [0.29, 0.717) is 11.5 Å². The van der Waals surface area contributed by atoms with Gasteiger partial charge >= 0.3 is 0 Å². The third kappa shape index (κ3) is 6.81. The molecule has 0 aliphatic heterocycles. The molecule has 72 valence electrons. The Labute approximate surface area is 84.4 Å². The van der Waals surface area contributed by atoms with Crippen molar-refractivity contribution in [2.75, 3.05) is 0 Å². The lowest BCUT2D eigenvalue weighted by Crippen LogP contribution is -1.81. The predicted octanol–water partition coefficient (Wildman–Crippen LogP) is 4.55. The van der Waals surface area contributed by atoms with Crippen LogP contribution in [0, 0.1) is 0 Å². The second-order valence-electron chi connectivity index (χ2n) is 2.86. The number of hydrogen-bond acceptors (Lipinski definition) is 1. The Bertz CT molecular complexity index is 139. The van der Waals surface area contributed by atoms with Crippen LogP contribution >= 0.6 is 23.2 Å². The normalized spacial score (nSPS) is 12.9. The molecule has 0 spiro atoms. The van der Waals surface area contributed by atoms with Gasteiger partial charge in [-0.25, -0.2) is 0 Å². The summed E-state index contributed by atoms with van der Waals surface area (Å²) in [6.45, 7) is 2.18. The zero-order valence-electron chi connectivity index (χ0n) is 7.45. The van der Waals surface area contributed by atoms with Crippen molar-refractivity contribution in [1.82, 2.24) is 0 Å². The molecule has 0 saturated heterocycles. The Hall–Kier alpha value is 0.120. The molecule has 0 amide bonds. The zero-order chi connectivity index (χ0) is 9.40. The number of unbranched alkanes of at least 4 members (excludes halogenated alkanes) is 4. The standard InChI is InChI=1S/C9H16Cl2O/c1-2-3-4-5-6-7-8(10)9(11)12/h12H,2-7H2,1H3. The van der Waals surface area contributed by atoms with Crippen LogP contribution in [-0.2, 0) is 0 Å². The number of allylic oxidation sites excluding steroid dienone is 1. The highest BCUT2D eigenvalue weighted by atomic mass is 35.5. The fraction of sp³-hybridized carbons (Fsp3) is 0.778. The minimum Gasteiger partial charge on any atom is -0.498 e. The first-order valence-corrected chi connectivity index (χ1v) is 5.17. The van der Waals surface area contributed by atoms with Crippen molar-refractivity contribution in [3.8, 4) is 0 Å². The average Bonchev–Trinajstić information content (AvgIpc) is 2.03. The fourth-order valence-electron chi connectivity index (χ4n) is 0.987. The predicted molar refractivity (Wildman–Crippen MR) is 54.7 cm³/mol. The Morgan fingerprint density at radius 3 is 2.17 bits per heavy atom. The van der Waals surface area contributed by atoms with Gasteiger partial charge in [0.15, 0.2) is 5.22 Å². The number of aliphatic hydroxyl groups is 1. The lowest BCUT2D eigenvalue weighted by Gasteiger charge is -1.99. The highest BCUT2D eigenvalue weighted by Gasteiger charge is 1.98. The first-order valence-electron chi connectivity index (χ1n) is 4.41. The van der Waals surface area contributed by atoms with Gasteiger partial charge in [0, 0.05) is 0 Å². The highest BCUT2D eigenvalue weighted by Crippen LogP contribution is 2.18. The highest BCUT2D eigenvalue weighted by molar-refractivity contribution is 6.38. The number of hydrogen-bond donors (Lipinski definition) is 1. The number of aliphatic hydroxyl groups excluding tert-OH is 1. The average molecular weight is 211 g/mol. The molecule has 0 bridgehead atoms. The second-order valence-corrected chi connectivity index (χ2v) is 3.67. The van der Waals surface area contributed by atoms with Gasteiger partial charge in [-0.2, -0.15) is 0 Å². The van der Waals surface area contributed by atoms with E-state index in [1.165, 1.54) is 19.3 Å². The molecule has 0 fully saturated rings. The van der Waals surface area contributed by atoms with Crippen molar-refractivity contribution in [2.45, 2.75) is 45.4 Å². The maximum absolute atomic E-state index is 8.74. The van der Waals surface area contributed by atoms with E-state index in [0.717, 1.165) is 12.8 Å². The van der Waals surface area contributed by atoms with Gasteiger partial charge in [-0.1, -0.05) is 44.2 Å². The molecule has 3 heteroatoms. The Morgan fingerprint density at radius 1 is 1.08 bits per heavy atom. The first kappa shape index (κ1) is 12.1. The van der Waals surface area contributed by atoms with Crippen LogP contribution in [0.1, 0.15) is 45.4 Å². The van der Waals surface area contributed by atoms with Crippen molar-refractivity contribution in [3.63, 3.8) is 0 Å². The third-order valence-electron chi connectivity index (χ3n) is 1.72. The van der Waals surface area contributed by atoms with Crippen LogP contribution in [0.5, 0.6) is 0 Å². The van der Waals surface area contributed by atoms with E-state index >= 15 is 0 Å². The van der Waals surface area contributed by atoms with Gasteiger partial charge in [0.2, 0.25) is 0 Å². The van der Waals surface area contributed by atoms with Crippen LogP contribution in [0.4, 0.5) is 0 Å². The molecule has 0 aromatic carbocycles. The van der Waals surface area contributed by atoms with Crippen LogP contribution in [0.3, 0.4) is 0 Å². The maximum atomic E-state index is 8.74. The molecule has 0 aliphatic carbocycles. The molecule has 1 nitrogen and oxygen atoms in total. The van der Waals surface area contributed by atoms with E-state index in [1.54, 1.807) is 0 Å². The van der Waals surface area contributed by atoms with Crippen LogP contribution in [-0.4, -0.2) is 5.11 Å². The van der Waals surface area contributed by atoms with Gasteiger partial charge in [-0.3, -0.25) is 0 Å². The Morgan fingerprint density at radius 2 is 1.67 bits per heavy atom. The van der Waals surface area contributed by atoms with Crippen molar-refractivity contribution in [2.24, 2.45) is 0 Å². The van der Waals surface area contributed by atoms with Crippen molar-refractivity contribution in [1.29, 1.82) is 0 Å². The first-order chi connectivity index (χ1) is 5.68. The topological polar surface area (TPSA) is 20.2 Å². The van der Waals surface area contributed by atoms with E-state index in [-0.39, 0.29) is 5.22 Å². The zero-order valence-corrected chi connectivity index (χ0v) is 8.96. The van der Waals surface area contributed by atoms with Crippen LogP contribution in [0.15, 0.2) is 10.3 Å². The molecule has 12 heavy (non-hydrogen) atoms. The Kier molecular flexibility index (Phi) is 7.83. The summed E-state index contributed by atoms with van der Waals surface area (Å²) in [5.74, 6) is 0.